The lowest BCUT2D eigenvalue weighted by molar-refractivity contribution is 0.439. The first-order valence-corrected chi connectivity index (χ1v) is 9.98. The van der Waals surface area contributed by atoms with E-state index in [0.29, 0.717) is 16.6 Å². The normalized spacial score (nSPS) is 14.3. The van der Waals surface area contributed by atoms with Crippen LogP contribution in [0.25, 0.3) is 16.8 Å². The fourth-order valence-corrected chi connectivity index (χ4v) is 4.19. The van der Waals surface area contributed by atoms with Gasteiger partial charge in [-0.1, -0.05) is 59.9 Å². The molecule has 6 nitrogen and oxygen atoms in total. The molecule has 3 heterocycles. The van der Waals surface area contributed by atoms with E-state index in [1.807, 2.05) is 74.5 Å². The average molecular weight is 399 g/mol. The van der Waals surface area contributed by atoms with Gasteiger partial charge in [-0.15, -0.1) is 10.2 Å². The van der Waals surface area contributed by atoms with Crippen LogP contribution in [0.4, 0.5) is 5.69 Å². The van der Waals surface area contributed by atoms with Crippen LogP contribution < -0.4 is 0 Å². The molecule has 0 fully saturated rings. The van der Waals surface area contributed by atoms with Gasteiger partial charge in [0.1, 0.15) is 16.5 Å². The van der Waals surface area contributed by atoms with Crippen molar-refractivity contribution >= 4 is 34.4 Å². The molecule has 0 amide bonds. The molecule has 1 aliphatic heterocycles. The van der Waals surface area contributed by atoms with Crippen LogP contribution >= 0.6 is 11.3 Å². The molecule has 5 rings (SSSR count). The maximum Gasteiger partial charge on any atom is 0.225 e. The highest BCUT2D eigenvalue weighted by atomic mass is 32.1. The average Bonchev–Trinajstić information content (AvgIpc) is 3.39. The molecule has 0 atom stereocenters. The Morgan fingerprint density at radius 3 is 2.48 bits per heavy atom. The number of fused-ring (bicyclic) bond motifs is 1. The van der Waals surface area contributed by atoms with Crippen LogP contribution in [-0.4, -0.2) is 30.6 Å². The number of allylic oxidation sites excluding steroid dienone is 1. The van der Waals surface area contributed by atoms with Gasteiger partial charge in [0.2, 0.25) is 11.0 Å². The molecule has 7 heteroatoms. The van der Waals surface area contributed by atoms with Crippen LogP contribution in [0, 0.1) is 13.8 Å². The number of hydrogen-bond acceptors (Lipinski definition) is 6. The number of imidazole rings is 1. The molecule has 1 N–H and O–H groups in total. The second-order valence-corrected chi connectivity index (χ2v) is 7.87. The standard InChI is InChI=1S/C22H17N5OS/c1-13-23-19(21(28)27(13)22-26-25-14(2)29-22)12-17-16-10-6-7-11-18(16)24-20(17)15-8-4-3-5-9-15/h3-12,28H,1-2H3. The summed E-state index contributed by atoms with van der Waals surface area (Å²) in [5, 5.41) is 20.5. The second kappa shape index (κ2) is 6.79. The minimum Gasteiger partial charge on any atom is -0.493 e. The molecule has 0 saturated carbocycles. The Morgan fingerprint density at radius 1 is 0.966 bits per heavy atom. The van der Waals surface area contributed by atoms with Crippen LogP contribution in [0.2, 0.25) is 0 Å². The van der Waals surface area contributed by atoms with Gasteiger partial charge < -0.3 is 5.11 Å². The number of rotatable bonds is 3. The van der Waals surface area contributed by atoms with Crippen molar-refractivity contribution in [1.82, 2.24) is 19.7 Å². The minimum atomic E-state index is 0.0444. The van der Waals surface area contributed by atoms with E-state index in [1.54, 1.807) is 4.57 Å². The van der Waals surface area contributed by atoms with Gasteiger partial charge in [-0.2, -0.15) is 0 Å². The zero-order chi connectivity index (χ0) is 20.0. The summed E-state index contributed by atoms with van der Waals surface area (Å²) < 4.78 is 1.62. The first kappa shape index (κ1) is 17.5. The van der Waals surface area contributed by atoms with Gasteiger partial charge in [0, 0.05) is 16.7 Å². The fourth-order valence-electron chi connectivity index (χ4n) is 3.45. The highest BCUT2D eigenvalue weighted by Crippen LogP contribution is 2.39. The van der Waals surface area contributed by atoms with Gasteiger partial charge in [0.05, 0.1) is 11.4 Å². The largest absolute Gasteiger partial charge is 0.493 e. The zero-order valence-corrected chi connectivity index (χ0v) is 16.7. The molecule has 0 saturated heterocycles. The number of aryl methyl sites for hydroxylation is 2. The number of hydrogen-bond donors (Lipinski definition) is 1. The van der Waals surface area contributed by atoms with Gasteiger partial charge in [0.15, 0.2) is 0 Å². The maximum atomic E-state index is 10.9. The van der Waals surface area contributed by atoms with E-state index in [0.717, 1.165) is 33.1 Å². The second-order valence-electron chi connectivity index (χ2n) is 6.71. The Labute approximate surface area is 171 Å². The highest BCUT2D eigenvalue weighted by molar-refractivity contribution is 7.13. The van der Waals surface area contributed by atoms with E-state index in [9.17, 15) is 5.11 Å². The van der Waals surface area contributed by atoms with Gasteiger partial charge in [-0.3, -0.25) is 0 Å². The van der Waals surface area contributed by atoms with Gasteiger partial charge in [-0.05, 0) is 26.0 Å². The smallest absolute Gasteiger partial charge is 0.225 e. The molecule has 29 heavy (non-hydrogen) atoms. The van der Waals surface area contributed by atoms with Gasteiger partial charge in [-0.25, -0.2) is 14.5 Å². The summed E-state index contributed by atoms with van der Waals surface area (Å²) in [4.78, 5) is 9.41. The number of aliphatic imine (C=N–C) groups is 1. The Hall–Kier alpha value is -3.58. The summed E-state index contributed by atoms with van der Waals surface area (Å²) >= 11 is 1.41. The summed E-state index contributed by atoms with van der Waals surface area (Å²) in [5.74, 6) is 0.693. The Balaban J connectivity index is 1.67. The van der Waals surface area contributed by atoms with E-state index in [1.165, 1.54) is 11.3 Å². The fraction of sp³-hybridized carbons (Fsp3) is 0.0909. The van der Waals surface area contributed by atoms with Crippen molar-refractivity contribution in [3.8, 4) is 11.0 Å². The molecule has 142 valence electrons. The monoisotopic (exact) mass is 399 g/mol. The van der Waals surface area contributed by atoms with E-state index >= 15 is 0 Å². The summed E-state index contributed by atoms with van der Waals surface area (Å²) in [6.07, 6.45) is 1.89. The van der Waals surface area contributed by atoms with E-state index in [4.69, 9.17) is 4.99 Å². The Kier molecular flexibility index (Phi) is 4.10. The lowest BCUT2D eigenvalue weighted by atomic mass is 9.97. The molecule has 0 unspecified atom stereocenters. The summed E-state index contributed by atoms with van der Waals surface area (Å²) in [6, 6.07) is 18.0. The minimum absolute atomic E-state index is 0.0444. The number of aromatic nitrogens is 4. The van der Waals surface area contributed by atoms with Crippen molar-refractivity contribution in [3.63, 3.8) is 0 Å². The van der Waals surface area contributed by atoms with Crippen molar-refractivity contribution < 1.29 is 5.11 Å². The molecular weight excluding hydrogens is 382 g/mol. The summed E-state index contributed by atoms with van der Waals surface area (Å²) in [5.41, 5.74) is 5.22. The topological polar surface area (TPSA) is 76.2 Å². The molecule has 0 bridgehead atoms. The Bertz CT molecular complexity index is 1280. The predicted molar refractivity (Wildman–Crippen MR) is 115 cm³/mol. The third kappa shape index (κ3) is 2.96. The third-order valence-electron chi connectivity index (χ3n) is 4.76. The van der Waals surface area contributed by atoms with Crippen LogP contribution in [0.3, 0.4) is 0 Å². The van der Waals surface area contributed by atoms with Crippen LogP contribution in [0.15, 0.2) is 59.6 Å². The quantitative estimate of drug-likeness (QED) is 0.541. The molecule has 2 aromatic heterocycles. The van der Waals surface area contributed by atoms with Crippen LogP contribution in [0.5, 0.6) is 5.88 Å². The van der Waals surface area contributed by atoms with Gasteiger partial charge >= 0.3 is 0 Å². The predicted octanol–water partition coefficient (Wildman–Crippen LogP) is 4.72. The zero-order valence-electron chi connectivity index (χ0n) is 15.9. The summed E-state index contributed by atoms with van der Waals surface area (Å²) in [7, 11) is 0. The number of para-hydroxylation sites is 1. The van der Waals surface area contributed by atoms with E-state index < -0.39 is 0 Å². The van der Waals surface area contributed by atoms with Crippen molar-refractivity contribution in [2.45, 2.75) is 13.8 Å². The van der Waals surface area contributed by atoms with Crippen molar-refractivity contribution in [1.29, 1.82) is 0 Å². The van der Waals surface area contributed by atoms with Crippen LogP contribution in [0.1, 0.15) is 27.7 Å². The maximum absolute atomic E-state index is 10.9. The molecular formula is C22H17N5OS. The number of nitrogens with zero attached hydrogens (tertiary/aromatic N) is 5. The molecule has 0 radical (unpaired) electrons. The van der Waals surface area contributed by atoms with Crippen molar-refractivity contribution in [2.24, 2.45) is 4.99 Å². The van der Waals surface area contributed by atoms with Crippen LogP contribution in [-0.2, 0) is 0 Å². The van der Waals surface area contributed by atoms with Crippen molar-refractivity contribution in [3.05, 3.63) is 82.3 Å². The molecule has 4 aromatic rings. The third-order valence-corrected chi connectivity index (χ3v) is 5.59. The molecule has 0 aliphatic carbocycles. The highest BCUT2D eigenvalue weighted by Gasteiger charge is 2.24. The first-order valence-electron chi connectivity index (χ1n) is 9.16. The first-order chi connectivity index (χ1) is 14.1. The molecule has 1 aliphatic rings. The number of benzene rings is 2. The van der Waals surface area contributed by atoms with Gasteiger partial charge in [0.25, 0.3) is 0 Å². The lowest BCUT2D eigenvalue weighted by Crippen LogP contribution is -1.99. The SMILES string of the molecule is Cc1nnc(-n2c(C)nc(C=C3C(c4ccccc4)=Nc4ccccc43)c2O)s1. The lowest BCUT2D eigenvalue weighted by Gasteiger charge is -2.05. The molecule has 2 aromatic carbocycles. The number of aromatic hydroxyl groups is 1. The summed E-state index contributed by atoms with van der Waals surface area (Å²) in [6.45, 7) is 3.72. The molecule has 0 spiro atoms. The van der Waals surface area contributed by atoms with E-state index in [-0.39, 0.29) is 5.88 Å². The van der Waals surface area contributed by atoms with Crippen molar-refractivity contribution in [2.75, 3.05) is 0 Å². The van der Waals surface area contributed by atoms with E-state index in [2.05, 4.69) is 15.2 Å². The Morgan fingerprint density at radius 2 is 1.72 bits per heavy atom.